The van der Waals surface area contributed by atoms with E-state index in [0.29, 0.717) is 6.04 Å². The zero-order valence-electron chi connectivity index (χ0n) is 12.3. The van der Waals surface area contributed by atoms with Gasteiger partial charge < -0.3 is 5.32 Å². The largest absolute Gasteiger partial charge is 0.314 e. The molecule has 2 rings (SSSR count). The zero-order valence-corrected chi connectivity index (χ0v) is 12.3. The maximum Gasteiger partial charge on any atom is 0.115 e. The molecule has 1 aromatic carbocycles. The van der Waals surface area contributed by atoms with Crippen molar-refractivity contribution in [1.82, 2.24) is 15.3 Å². The summed E-state index contributed by atoms with van der Waals surface area (Å²) in [6, 6.07) is 13.2. The molecule has 0 aliphatic carbocycles. The highest BCUT2D eigenvalue weighted by molar-refractivity contribution is 5.17. The summed E-state index contributed by atoms with van der Waals surface area (Å²) >= 11 is 0. The summed E-state index contributed by atoms with van der Waals surface area (Å²) < 4.78 is 0. The van der Waals surface area contributed by atoms with E-state index in [1.165, 1.54) is 5.56 Å². The molecular formula is C17H23N3. The fourth-order valence-electron chi connectivity index (χ4n) is 2.12. The van der Waals surface area contributed by atoms with Gasteiger partial charge in [0, 0.05) is 30.4 Å². The molecule has 3 nitrogen and oxygen atoms in total. The first-order valence-electron chi connectivity index (χ1n) is 7.31. The molecule has 0 bridgehead atoms. The van der Waals surface area contributed by atoms with Gasteiger partial charge in [-0.3, -0.25) is 0 Å². The molecule has 106 valence electrons. The fourth-order valence-corrected chi connectivity index (χ4v) is 2.12. The lowest BCUT2D eigenvalue weighted by Crippen LogP contribution is -2.25. The van der Waals surface area contributed by atoms with E-state index in [1.807, 2.05) is 6.07 Å². The van der Waals surface area contributed by atoms with E-state index in [0.717, 1.165) is 37.2 Å². The molecule has 20 heavy (non-hydrogen) atoms. The van der Waals surface area contributed by atoms with Crippen LogP contribution in [0.3, 0.4) is 0 Å². The average Bonchev–Trinajstić information content (AvgIpc) is 2.46. The van der Waals surface area contributed by atoms with Crippen LogP contribution in [0.15, 0.2) is 42.7 Å². The summed E-state index contributed by atoms with van der Waals surface area (Å²) in [7, 11) is 0. The Kier molecular flexibility index (Phi) is 5.69. The fraction of sp³-hybridized carbons (Fsp3) is 0.412. The van der Waals surface area contributed by atoms with Crippen LogP contribution in [0.1, 0.15) is 30.8 Å². The van der Waals surface area contributed by atoms with E-state index in [4.69, 9.17) is 0 Å². The minimum atomic E-state index is 0.523. The van der Waals surface area contributed by atoms with Crippen molar-refractivity contribution in [2.75, 3.05) is 6.54 Å². The topological polar surface area (TPSA) is 37.8 Å². The highest BCUT2D eigenvalue weighted by atomic mass is 14.9. The third kappa shape index (κ3) is 5.10. The molecule has 0 fully saturated rings. The quantitative estimate of drug-likeness (QED) is 0.840. The van der Waals surface area contributed by atoms with Crippen LogP contribution < -0.4 is 5.32 Å². The van der Waals surface area contributed by atoms with Crippen LogP contribution in [0.2, 0.25) is 0 Å². The van der Waals surface area contributed by atoms with Crippen molar-refractivity contribution in [1.29, 1.82) is 0 Å². The van der Waals surface area contributed by atoms with E-state index in [9.17, 15) is 0 Å². The molecule has 0 aliphatic heterocycles. The Morgan fingerprint density at radius 1 is 0.950 bits per heavy atom. The van der Waals surface area contributed by atoms with Gasteiger partial charge in [0.1, 0.15) is 6.33 Å². The Morgan fingerprint density at radius 3 is 2.35 bits per heavy atom. The van der Waals surface area contributed by atoms with Gasteiger partial charge in [-0.25, -0.2) is 9.97 Å². The Bertz CT molecular complexity index is 509. The highest BCUT2D eigenvalue weighted by Gasteiger charge is 2.01. The maximum atomic E-state index is 4.37. The van der Waals surface area contributed by atoms with Crippen molar-refractivity contribution >= 4 is 0 Å². The van der Waals surface area contributed by atoms with Crippen molar-refractivity contribution in [2.45, 2.75) is 39.2 Å². The van der Waals surface area contributed by atoms with Gasteiger partial charge in [-0.15, -0.1) is 0 Å². The Balaban J connectivity index is 1.86. The van der Waals surface area contributed by atoms with E-state index in [2.05, 4.69) is 59.5 Å². The van der Waals surface area contributed by atoms with E-state index >= 15 is 0 Å². The number of rotatable bonds is 7. The summed E-state index contributed by atoms with van der Waals surface area (Å²) in [5.74, 6) is 0. The first kappa shape index (κ1) is 14.7. The summed E-state index contributed by atoms with van der Waals surface area (Å²) in [6.45, 7) is 5.28. The molecule has 1 N–H and O–H groups in total. The molecule has 0 amide bonds. The van der Waals surface area contributed by atoms with Crippen LogP contribution in [-0.2, 0) is 19.3 Å². The molecule has 0 saturated heterocycles. The van der Waals surface area contributed by atoms with Crippen LogP contribution in [0, 0.1) is 0 Å². The molecule has 1 heterocycles. The lowest BCUT2D eigenvalue weighted by Gasteiger charge is -2.08. The van der Waals surface area contributed by atoms with E-state index in [1.54, 1.807) is 6.33 Å². The summed E-state index contributed by atoms with van der Waals surface area (Å²) in [5, 5.41) is 3.41. The molecule has 0 spiro atoms. The number of hydrogen-bond donors (Lipinski definition) is 1. The molecule has 1 aromatic heterocycles. The number of benzene rings is 1. The standard InChI is InChI=1S/C17H23N3/c1-14(2)18-11-10-17-12-16(19-13-20-17)9-8-15-6-4-3-5-7-15/h3-7,12-14,18H,8-11H2,1-2H3. The number of aryl methyl sites for hydroxylation is 2. The number of nitrogens with one attached hydrogen (secondary N) is 1. The van der Waals surface area contributed by atoms with Gasteiger partial charge >= 0.3 is 0 Å². The lowest BCUT2D eigenvalue weighted by molar-refractivity contribution is 0.586. The van der Waals surface area contributed by atoms with E-state index < -0.39 is 0 Å². The summed E-state index contributed by atoms with van der Waals surface area (Å²) in [6.07, 6.45) is 4.64. The van der Waals surface area contributed by atoms with Gasteiger partial charge in [-0.05, 0) is 24.5 Å². The first-order chi connectivity index (χ1) is 9.74. The van der Waals surface area contributed by atoms with Gasteiger partial charge in [0.2, 0.25) is 0 Å². The molecular weight excluding hydrogens is 246 g/mol. The monoisotopic (exact) mass is 269 g/mol. The lowest BCUT2D eigenvalue weighted by atomic mass is 10.1. The molecule has 0 aliphatic rings. The van der Waals surface area contributed by atoms with Crippen LogP contribution in [0.4, 0.5) is 0 Å². The summed E-state index contributed by atoms with van der Waals surface area (Å²) in [5.41, 5.74) is 3.61. The molecule has 0 atom stereocenters. The smallest absolute Gasteiger partial charge is 0.115 e. The van der Waals surface area contributed by atoms with Crippen LogP contribution in [-0.4, -0.2) is 22.6 Å². The van der Waals surface area contributed by atoms with Crippen molar-refractivity contribution in [3.8, 4) is 0 Å². The van der Waals surface area contributed by atoms with Crippen LogP contribution >= 0.6 is 0 Å². The van der Waals surface area contributed by atoms with Crippen molar-refractivity contribution in [3.63, 3.8) is 0 Å². The Labute approximate surface area is 121 Å². The van der Waals surface area contributed by atoms with Crippen molar-refractivity contribution < 1.29 is 0 Å². The van der Waals surface area contributed by atoms with Gasteiger partial charge in [0.05, 0.1) is 0 Å². The predicted molar refractivity (Wildman–Crippen MR) is 82.7 cm³/mol. The highest BCUT2D eigenvalue weighted by Crippen LogP contribution is 2.06. The third-order valence-corrected chi connectivity index (χ3v) is 3.23. The second kappa shape index (κ2) is 7.75. The van der Waals surface area contributed by atoms with Gasteiger partial charge in [0.15, 0.2) is 0 Å². The molecule has 0 saturated carbocycles. The van der Waals surface area contributed by atoms with Gasteiger partial charge in [-0.2, -0.15) is 0 Å². The van der Waals surface area contributed by atoms with Crippen molar-refractivity contribution in [3.05, 3.63) is 59.7 Å². The van der Waals surface area contributed by atoms with Crippen molar-refractivity contribution in [2.24, 2.45) is 0 Å². The van der Waals surface area contributed by atoms with E-state index in [-0.39, 0.29) is 0 Å². The Morgan fingerprint density at radius 2 is 1.65 bits per heavy atom. The van der Waals surface area contributed by atoms with Crippen LogP contribution in [0.25, 0.3) is 0 Å². The molecule has 2 aromatic rings. The second-order valence-corrected chi connectivity index (χ2v) is 5.35. The molecule has 0 unspecified atom stereocenters. The zero-order chi connectivity index (χ0) is 14.2. The number of hydrogen-bond acceptors (Lipinski definition) is 3. The second-order valence-electron chi connectivity index (χ2n) is 5.35. The van der Waals surface area contributed by atoms with Crippen LogP contribution in [0.5, 0.6) is 0 Å². The Hall–Kier alpha value is -1.74. The predicted octanol–water partition coefficient (Wildman–Crippen LogP) is 2.80. The minimum Gasteiger partial charge on any atom is -0.314 e. The molecule has 3 heteroatoms. The number of nitrogens with zero attached hydrogens (tertiary/aromatic N) is 2. The van der Waals surface area contributed by atoms with Gasteiger partial charge in [-0.1, -0.05) is 44.2 Å². The average molecular weight is 269 g/mol. The normalized spacial score (nSPS) is 10.9. The SMILES string of the molecule is CC(C)NCCc1cc(CCc2ccccc2)ncn1. The van der Waals surface area contributed by atoms with Gasteiger partial charge in [0.25, 0.3) is 0 Å². The molecule has 0 radical (unpaired) electrons. The first-order valence-corrected chi connectivity index (χ1v) is 7.31. The maximum absolute atomic E-state index is 4.37. The third-order valence-electron chi connectivity index (χ3n) is 3.23. The number of aromatic nitrogens is 2. The summed E-state index contributed by atoms with van der Waals surface area (Å²) in [4.78, 5) is 8.71. The minimum absolute atomic E-state index is 0.523.